The van der Waals surface area contributed by atoms with Gasteiger partial charge in [0.15, 0.2) is 11.5 Å². The fourth-order valence-corrected chi connectivity index (χ4v) is 10.9. The molecule has 4 aromatic rings. The van der Waals surface area contributed by atoms with E-state index in [1.807, 2.05) is 27.7 Å². The van der Waals surface area contributed by atoms with Crippen LogP contribution in [0.2, 0.25) is 0 Å². The third kappa shape index (κ3) is 2.90. The summed E-state index contributed by atoms with van der Waals surface area (Å²) in [6, 6.07) is 0. The van der Waals surface area contributed by atoms with E-state index in [-0.39, 0.29) is 17.4 Å². The van der Waals surface area contributed by atoms with Crippen LogP contribution in [-0.2, 0) is 0 Å². The van der Waals surface area contributed by atoms with Gasteiger partial charge in [-0.25, -0.2) is 9.97 Å². The first-order chi connectivity index (χ1) is 16.6. The quantitative estimate of drug-likeness (QED) is 0.342. The summed E-state index contributed by atoms with van der Waals surface area (Å²) in [4.78, 5) is 13.4. The Hall–Kier alpha value is -2.42. The maximum atomic E-state index is 11.4. The molecule has 178 valence electrons. The van der Waals surface area contributed by atoms with Crippen molar-refractivity contribution in [2.75, 3.05) is 0 Å². The van der Waals surface area contributed by atoms with Crippen LogP contribution >= 0.6 is 47.0 Å². The molecule has 6 heterocycles. The fourth-order valence-electron chi connectivity index (χ4n) is 4.77. The average molecular weight is 543 g/mol. The van der Waals surface area contributed by atoms with Crippen molar-refractivity contribution < 1.29 is 10.2 Å². The Morgan fingerprint density at radius 2 is 1.46 bits per heavy atom. The molecule has 1 aromatic carbocycles. The number of aromatic hydroxyl groups is 2. The Morgan fingerprint density at radius 3 is 2.11 bits per heavy atom. The zero-order valence-electron chi connectivity index (χ0n) is 19.2. The molecule has 10 nitrogen and oxygen atoms in total. The highest BCUT2D eigenvalue weighted by Crippen LogP contribution is 2.71. The summed E-state index contributed by atoms with van der Waals surface area (Å²) in [6.07, 6.45) is 0. The molecule has 3 aromatic heterocycles. The van der Waals surface area contributed by atoms with Crippen molar-refractivity contribution in [2.24, 2.45) is 5.10 Å². The number of aryl methyl sites for hydroxylation is 3. The highest BCUT2D eigenvalue weighted by atomic mass is 32.2. The summed E-state index contributed by atoms with van der Waals surface area (Å²) >= 11 is 5.97. The van der Waals surface area contributed by atoms with Gasteiger partial charge in [-0.3, -0.25) is 0 Å². The Labute approximate surface area is 216 Å². The fraction of sp³-hybridized carbons (Fsp3) is 0.333. The zero-order chi connectivity index (χ0) is 24.4. The normalized spacial score (nSPS) is 20.0. The van der Waals surface area contributed by atoms with Gasteiger partial charge in [0.2, 0.25) is 0 Å². The summed E-state index contributed by atoms with van der Waals surface area (Å²) < 4.78 is 2.01. The van der Waals surface area contributed by atoms with Gasteiger partial charge < -0.3 is 10.2 Å². The zero-order valence-corrected chi connectivity index (χ0v) is 22.4. The van der Waals surface area contributed by atoms with E-state index < -0.39 is 4.08 Å². The molecule has 0 spiro atoms. The molecule has 0 aliphatic carbocycles. The van der Waals surface area contributed by atoms with Crippen molar-refractivity contribution in [1.82, 2.24) is 34.7 Å². The second-order valence-corrected chi connectivity index (χ2v) is 14.2. The maximum Gasteiger partial charge on any atom is 0.187 e. The molecular formula is C21H18N8O2S4. The van der Waals surface area contributed by atoms with Crippen LogP contribution in [0.25, 0.3) is 9.88 Å². The number of aromatic nitrogens is 7. The van der Waals surface area contributed by atoms with Gasteiger partial charge in [0.1, 0.15) is 23.1 Å². The maximum absolute atomic E-state index is 11.4. The summed E-state index contributed by atoms with van der Waals surface area (Å²) in [7, 11) is 0. The second-order valence-electron chi connectivity index (χ2n) is 8.74. The number of hydrogen-bond donors (Lipinski definition) is 2. The van der Waals surface area contributed by atoms with Crippen LogP contribution in [0.3, 0.4) is 0 Å². The van der Waals surface area contributed by atoms with E-state index in [2.05, 4.69) is 37.3 Å². The highest BCUT2D eigenvalue weighted by Gasteiger charge is 2.51. The van der Waals surface area contributed by atoms with Crippen LogP contribution in [0.5, 0.6) is 11.5 Å². The summed E-state index contributed by atoms with van der Waals surface area (Å²) in [5.74, 6) is 2.38. The summed E-state index contributed by atoms with van der Waals surface area (Å²) in [6.45, 7) is 9.68. The molecule has 0 saturated heterocycles. The van der Waals surface area contributed by atoms with Crippen LogP contribution in [0.1, 0.15) is 42.9 Å². The SMILES string of the molecule is CC1=Nn2nc(C)nc2C1C1(C)Sc2c(O)c3c(c(O)c2S1)SC(=c1c(C)nn2nc(C)nc12)S3. The van der Waals surface area contributed by atoms with Gasteiger partial charge in [0.05, 0.1) is 50.4 Å². The van der Waals surface area contributed by atoms with Gasteiger partial charge in [-0.05, 0) is 34.6 Å². The summed E-state index contributed by atoms with van der Waals surface area (Å²) in [5.41, 5.74) is 2.40. The van der Waals surface area contributed by atoms with Crippen LogP contribution in [0.4, 0.5) is 0 Å². The van der Waals surface area contributed by atoms with Gasteiger partial charge in [-0.2, -0.15) is 10.2 Å². The van der Waals surface area contributed by atoms with Gasteiger partial charge in [-0.1, -0.05) is 23.5 Å². The Balaban J connectivity index is 1.33. The minimum absolute atomic E-state index is 0.107. The lowest BCUT2D eigenvalue weighted by atomic mass is 10.0. The van der Waals surface area contributed by atoms with E-state index in [1.165, 1.54) is 23.5 Å². The number of rotatable bonds is 1. The standard InChI is InChI=1S/C21H18N8O2S4/c1-6-10(18-22-8(3)26-28(18)24-6)20-32-14-12(30)16-17(13(31)15(14)33-20)35-21(5,34-16)11-7(2)25-29-19(11)23-9(4)27-29/h11,30-31H,1-5H3. The van der Waals surface area contributed by atoms with E-state index in [1.54, 1.807) is 32.9 Å². The monoisotopic (exact) mass is 542 g/mol. The number of nitrogens with zero attached hydrogens (tertiary/aromatic N) is 8. The van der Waals surface area contributed by atoms with Gasteiger partial charge in [0, 0.05) is 0 Å². The third-order valence-electron chi connectivity index (χ3n) is 6.18. The van der Waals surface area contributed by atoms with Gasteiger partial charge >= 0.3 is 0 Å². The molecule has 1 atom stereocenters. The molecule has 0 saturated carbocycles. The lowest BCUT2D eigenvalue weighted by Crippen LogP contribution is -2.27. The van der Waals surface area contributed by atoms with Crippen molar-refractivity contribution in [3.8, 4) is 11.5 Å². The molecule has 3 aliphatic heterocycles. The summed E-state index contributed by atoms with van der Waals surface area (Å²) in [5, 5.41) is 41.4. The Kier molecular flexibility index (Phi) is 4.42. The Morgan fingerprint density at radius 1 is 0.829 bits per heavy atom. The van der Waals surface area contributed by atoms with E-state index in [0.717, 1.165) is 26.7 Å². The molecule has 0 amide bonds. The molecule has 2 N–H and O–H groups in total. The van der Waals surface area contributed by atoms with Gasteiger partial charge in [0.25, 0.3) is 0 Å². The topological polar surface area (TPSA) is 127 Å². The molecule has 14 heteroatoms. The minimum Gasteiger partial charge on any atom is -0.505 e. The van der Waals surface area contributed by atoms with E-state index in [0.29, 0.717) is 36.9 Å². The number of benzene rings is 1. The number of phenolic OH excluding ortho intramolecular Hbond substituents is 2. The number of phenols is 2. The highest BCUT2D eigenvalue weighted by molar-refractivity contribution is 8.32. The predicted molar refractivity (Wildman–Crippen MR) is 136 cm³/mol. The smallest absolute Gasteiger partial charge is 0.187 e. The van der Waals surface area contributed by atoms with Crippen molar-refractivity contribution in [1.29, 1.82) is 0 Å². The first kappa shape index (κ1) is 21.8. The lowest BCUT2D eigenvalue weighted by Gasteiger charge is -2.28. The molecule has 7 rings (SSSR count). The van der Waals surface area contributed by atoms with E-state index in [4.69, 9.17) is 0 Å². The van der Waals surface area contributed by atoms with E-state index in [9.17, 15) is 10.2 Å². The van der Waals surface area contributed by atoms with Crippen molar-refractivity contribution in [3.05, 3.63) is 28.4 Å². The van der Waals surface area contributed by atoms with Gasteiger partial charge in [-0.15, -0.1) is 43.1 Å². The first-order valence-electron chi connectivity index (χ1n) is 10.7. The van der Waals surface area contributed by atoms with Crippen LogP contribution in [0, 0.1) is 20.8 Å². The molecule has 1 unspecified atom stereocenters. The van der Waals surface area contributed by atoms with Crippen molar-refractivity contribution in [3.63, 3.8) is 0 Å². The first-order valence-corrected chi connectivity index (χ1v) is 14.0. The molecule has 0 fully saturated rings. The van der Waals surface area contributed by atoms with Crippen LogP contribution < -0.4 is 5.22 Å². The van der Waals surface area contributed by atoms with Crippen LogP contribution in [0.15, 0.2) is 24.7 Å². The number of hydrogen-bond acceptors (Lipinski definition) is 12. The molecule has 35 heavy (non-hydrogen) atoms. The largest absolute Gasteiger partial charge is 0.505 e. The van der Waals surface area contributed by atoms with Crippen LogP contribution in [-0.4, -0.2) is 54.7 Å². The number of fused-ring (bicyclic) bond motifs is 4. The Bertz CT molecular complexity index is 1670. The third-order valence-corrected chi connectivity index (χ3v) is 11.9. The number of thioether (sulfide) groups is 4. The molecule has 3 aliphatic rings. The lowest BCUT2D eigenvalue weighted by molar-refractivity contribution is 0.411. The average Bonchev–Trinajstić information content (AvgIpc) is 3.58. The van der Waals surface area contributed by atoms with Crippen molar-refractivity contribution in [2.45, 2.75) is 64.2 Å². The molecule has 0 radical (unpaired) electrons. The predicted octanol–water partition coefficient (Wildman–Crippen LogP) is 3.67. The molecule has 0 bridgehead atoms. The minimum atomic E-state index is -0.451. The second kappa shape index (κ2) is 7.08. The van der Waals surface area contributed by atoms with E-state index >= 15 is 0 Å². The molecular weight excluding hydrogens is 525 g/mol. The van der Waals surface area contributed by atoms with Crippen molar-refractivity contribution >= 4 is 62.6 Å².